The number of benzene rings is 2. The summed E-state index contributed by atoms with van der Waals surface area (Å²) in [6, 6.07) is 9.49. The Morgan fingerprint density at radius 2 is 1.79 bits per heavy atom. The van der Waals surface area contributed by atoms with Crippen molar-refractivity contribution in [2.75, 3.05) is 24.8 Å². The number of ether oxygens (including phenoxy) is 2. The largest absolute Gasteiger partial charge is 0.454 e. The summed E-state index contributed by atoms with van der Waals surface area (Å²) in [7, 11) is -3.60. The minimum atomic E-state index is -3.60. The van der Waals surface area contributed by atoms with E-state index in [2.05, 4.69) is 5.32 Å². The summed E-state index contributed by atoms with van der Waals surface area (Å²) < 4.78 is 38.4. The Labute approximate surface area is 198 Å². The highest BCUT2D eigenvalue weighted by Crippen LogP contribution is 2.36. The lowest BCUT2D eigenvalue weighted by atomic mass is 10.1. The van der Waals surface area contributed by atoms with E-state index in [1.807, 2.05) is 12.1 Å². The molecule has 0 aliphatic carbocycles. The van der Waals surface area contributed by atoms with Gasteiger partial charge in [-0.15, -0.1) is 0 Å². The second kappa shape index (κ2) is 8.92. The standard InChI is InChI=1S/C24H27N3O6S/c1-16(28)27-20-7-6-19(34(30,31)26-9-3-2-4-10-26)12-18(20)13-21(27)24(29)25-14-17-5-8-22-23(11-17)33-15-32-22/h5-8,11-12,21H,2-4,9-10,13-15H2,1H3,(H,25,29)/t21-/m0/s1. The van der Waals surface area contributed by atoms with Gasteiger partial charge < -0.3 is 14.8 Å². The predicted molar refractivity (Wildman–Crippen MR) is 124 cm³/mol. The van der Waals surface area contributed by atoms with Crippen molar-refractivity contribution >= 4 is 27.5 Å². The van der Waals surface area contributed by atoms with Crippen LogP contribution in [0, 0.1) is 0 Å². The van der Waals surface area contributed by atoms with E-state index in [9.17, 15) is 18.0 Å². The van der Waals surface area contributed by atoms with Gasteiger partial charge in [0.25, 0.3) is 0 Å². The lowest BCUT2D eigenvalue weighted by Gasteiger charge is -2.26. The van der Waals surface area contributed by atoms with Crippen molar-refractivity contribution in [2.24, 2.45) is 0 Å². The maximum Gasteiger partial charge on any atom is 0.243 e. The van der Waals surface area contributed by atoms with Crippen LogP contribution in [0.2, 0.25) is 0 Å². The van der Waals surface area contributed by atoms with Crippen LogP contribution in [0.4, 0.5) is 5.69 Å². The highest BCUT2D eigenvalue weighted by Gasteiger charge is 2.38. The first-order valence-electron chi connectivity index (χ1n) is 11.4. The number of nitrogens with zero attached hydrogens (tertiary/aromatic N) is 2. The van der Waals surface area contributed by atoms with E-state index in [4.69, 9.17) is 9.47 Å². The van der Waals surface area contributed by atoms with Crippen LogP contribution in [0.3, 0.4) is 0 Å². The van der Waals surface area contributed by atoms with Gasteiger partial charge in [-0.25, -0.2) is 8.42 Å². The molecule has 2 aromatic rings. The molecule has 3 heterocycles. The monoisotopic (exact) mass is 485 g/mol. The number of amides is 2. The van der Waals surface area contributed by atoms with Gasteiger partial charge in [0, 0.05) is 38.7 Å². The van der Waals surface area contributed by atoms with Crippen molar-refractivity contribution in [3.05, 3.63) is 47.5 Å². The first kappa shape index (κ1) is 22.7. The van der Waals surface area contributed by atoms with Gasteiger partial charge in [-0.05, 0) is 54.3 Å². The molecular weight excluding hydrogens is 458 g/mol. The van der Waals surface area contributed by atoms with Crippen LogP contribution < -0.4 is 19.7 Å². The van der Waals surface area contributed by atoms with E-state index in [0.29, 0.717) is 35.8 Å². The van der Waals surface area contributed by atoms with Gasteiger partial charge in [-0.1, -0.05) is 12.5 Å². The van der Waals surface area contributed by atoms with Crippen molar-refractivity contribution in [3.63, 3.8) is 0 Å². The molecule has 2 aromatic carbocycles. The molecule has 0 saturated carbocycles. The van der Waals surface area contributed by atoms with Crippen molar-refractivity contribution in [3.8, 4) is 11.5 Å². The summed E-state index contributed by atoms with van der Waals surface area (Å²) in [6.07, 6.45) is 3.00. The molecule has 10 heteroatoms. The molecule has 1 N–H and O–H groups in total. The molecule has 34 heavy (non-hydrogen) atoms. The maximum atomic E-state index is 13.1. The van der Waals surface area contributed by atoms with Crippen molar-refractivity contribution in [1.82, 2.24) is 9.62 Å². The number of rotatable bonds is 5. The third-order valence-electron chi connectivity index (χ3n) is 6.53. The molecule has 5 rings (SSSR count). The molecule has 0 unspecified atom stereocenters. The Morgan fingerprint density at radius 1 is 1.03 bits per heavy atom. The topological polar surface area (TPSA) is 105 Å². The maximum absolute atomic E-state index is 13.1. The Morgan fingerprint density at radius 3 is 2.56 bits per heavy atom. The summed E-state index contributed by atoms with van der Waals surface area (Å²) in [6.45, 7) is 2.89. The van der Waals surface area contributed by atoms with Crippen LogP contribution in [-0.2, 0) is 32.6 Å². The zero-order valence-electron chi connectivity index (χ0n) is 19.0. The van der Waals surface area contributed by atoms with Crippen LogP contribution >= 0.6 is 0 Å². The van der Waals surface area contributed by atoms with Gasteiger partial charge in [0.1, 0.15) is 6.04 Å². The van der Waals surface area contributed by atoms with Crippen LogP contribution in [0.25, 0.3) is 0 Å². The predicted octanol–water partition coefficient (Wildman–Crippen LogP) is 2.18. The number of sulfonamides is 1. The van der Waals surface area contributed by atoms with Crippen molar-refractivity contribution in [2.45, 2.75) is 50.1 Å². The number of carbonyl (C=O) groups excluding carboxylic acids is 2. The van der Waals surface area contributed by atoms with Crippen LogP contribution in [-0.4, -0.2) is 50.5 Å². The van der Waals surface area contributed by atoms with E-state index in [0.717, 1.165) is 24.8 Å². The fourth-order valence-corrected chi connectivity index (χ4v) is 6.37. The van der Waals surface area contributed by atoms with Gasteiger partial charge in [0.05, 0.1) is 4.90 Å². The minimum Gasteiger partial charge on any atom is -0.454 e. The van der Waals surface area contributed by atoms with Gasteiger partial charge in [0.2, 0.25) is 28.6 Å². The summed E-state index contributed by atoms with van der Waals surface area (Å²) in [5.74, 6) is 0.727. The van der Waals surface area contributed by atoms with Crippen LogP contribution in [0.15, 0.2) is 41.3 Å². The van der Waals surface area contributed by atoms with E-state index in [1.165, 1.54) is 22.2 Å². The number of carbonyl (C=O) groups is 2. The number of fused-ring (bicyclic) bond motifs is 2. The molecule has 0 bridgehead atoms. The van der Waals surface area contributed by atoms with E-state index in [1.54, 1.807) is 18.2 Å². The molecular formula is C24H27N3O6S. The van der Waals surface area contributed by atoms with E-state index in [-0.39, 0.29) is 36.5 Å². The van der Waals surface area contributed by atoms with E-state index < -0.39 is 16.1 Å². The zero-order chi connectivity index (χ0) is 23.9. The molecule has 3 aliphatic rings. The van der Waals surface area contributed by atoms with Crippen molar-refractivity contribution < 1.29 is 27.5 Å². The summed E-state index contributed by atoms with van der Waals surface area (Å²) in [5, 5.41) is 2.89. The number of piperidine rings is 1. The Hall–Kier alpha value is -3.11. The van der Waals surface area contributed by atoms with Gasteiger partial charge in [0.15, 0.2) is 11.5 Å². The number of anilines is 1. The molecule has 0 aromatic heterocycles. The van der Waals surface area contributed by atoms with Crippen LogP contribution in [0.5, 0.6) is 11.5 Å². The third-order valence-corrected chi connectivity index (χ3v) is 8.43. The third kappa shape index (κ3) is 4.12. The normalized spacial score (nSPS) is 19.7. The highest BCUT2D eigenvalue weighted by molar-refractivity contribution is 7.89. The highest BCUT2D eigenvalue weighted by atomic mass is 32.2. The molecule has 2 amide bonds. The molecule has 0 radical (unpaired) electrons. The van der Waals surface area contributed by atoms with Gasteiger partial charge >= 0.3 is 0 Å². The Bertz CT molecular complexity index is 1240. The van der Waals surface area contributed by atoms with E-state index >= 15 is 0 Å². The lowest BCUT2D eigenvalue weighted by molar-refractivity contribution is -0.125. The number of nitrogens with one attached hydrogen (secondary N) is 1. The molecule has 0 spiro atoms. The van der Waals surface area contributed by atoms with Crippen molar-refractivity contribution in [1.29, 1.82) is 0 Å². The molecule has 1 atom stereocenters. The molecule has 1 saturated heterocycles. The fourth-order valence-electron chi connectivity index (χ4n) is 4.80. The SMILES string of the molecule is CC(=O)N1c2ccc(S(=O)(=O)N3CCCCC3)cc2C[C@H]1C(=O)NCc1ccc2c(c1)OCO2. The van der Waals surface area contributed by atoms with Gasteiger partial charge in [-0.2, -0.15) is 4.31 Å². The number of hydrogen-bond donors (Lipinski definition) is 1. The lowest BCUT2D eigenvalue weighted by Crippen LogP contribution is -2.47. The molecule has 1 fully saturated rings. The smallest absolute Gasteiger partial charge is 0.243 e. The summed E-state index contributed by atoms with van der Waals surface area (Å²) in [4.78, 5) is 27.2. The second-order valence-electron chi connectivity index (χ2n) is 8.77. The fraction of sp³-hybridized carbons (Fsp3) is 0.417. The second-order valence-corrected chi connectivity index (χ2v) is 10.7. The summed E-state index contributed by atoms with van der Waals surface area (Å²) in [5.41, 5.74) is 2.10. The minimum absolute atomic E-state index is 0.175. The molecule has 9 nitrogen and oxygen atoms in total. The molecule has 180 valence electrons. The Kier molecular flexibility index (Phi) is 5.95. The van der Waals surface area contributed by atoms with Gasteiger partial charge in [-0.3, -0.25) is 14.5 Å². The van der Waals surface area contributed by atoms with Crippen LogP contribution in [0.1, 0.15) is 37.3 Å². The summed E-state index contributed by atoms with van der Waals surface area (Å²) >= 11 is 0. The Balaban J connectivity index is 1.33. The average Bonchev–Trinajstić information content (AvgIpc) is 3.46. The molecule has 3 aliphatic heterocycles. The number of hydrogen-bond acceptors (Lipinski definition) is 6. The first-order chi connectivity index (χ1) is 16.3. The average molecular weight is 486 g/mol. The quantitative estimate of drug-likeness (QED) is 0.696. The zero-order valence-corrected chi connectivity index (χ0v) is 19.8. The first-order valence-corrected chi connectivity index (χ1v) is 12.9.